The largest absolute Gasteiger partial charge is 0.489 e. The molecule has 0 atom stereocenters. The highest BCUT2D eigenvalue weighted by molar-refractivity contribution is 6.60. The molecular weight excluding hydrogens is 157 g/mol. The molecule has 0 spiro atoms. The first kappa shape index (κ1) is 8.77. The summed E-state index contributed by atoms with van der Waals surface area (Å²) in [5, 5.41) is 17.5. The summed E-state index contributed by atoms with van der Waals surface area (Å²) in [5.41, 5.74) is 6.88. The quantitative estimate of drug-likeness (QED) is 0.538. The van der Waals surface area contributed by atoms with Gasteiger partial charge in [-0.3, -0.25) is 10.5 Å². The van der Waals surface area contributed by atoms with Gasteiger partial charge in [0, 0.05) is 5.56 Å². The van der Waals surface area contributed by atoms with Crippen LogP contribution in [0.25, 0.3) is 0 Å². The monoisotopic (exact) mass is 164 g/mol. The van der Waals surface area contributed by atoms with Crippen molar-refractivity contribution in [1.29, 1.82) is 0 Å². The van der Waals surface area contributed by atoms with Gasteiger partial charge in [-0.2, -0.15) is 0 Å². The van der Waals surface area contributed by atoms with Gasteiger partial charge in [0.1, 0.15) is 0 Å². The molecule has 0 unspecified atom stereocenters. The van der Waals surface area contributed by atoms with E-state index < -0.39 is 13.0 Å². The summed E-state index contributed by atoms with van der Waals surface area (Å²) < 4.78 is 0. The normalized spacial score (nSPS) is 9.50. The highest BCUT2D eigenvalue weighted by Gasteiger charge is 2.17. The van der Waals surface area contributed by atoms with E-state index in [0.29, 0.717) is 0 Å². The van der Waals surface area contributed by atoms with Crippen molar-refractivity contribution in [3.8, 4) is 0 Å². The van der Waals surface area contributed by atoms with E-state index in [0.717, 1.165) is 0 Å². The van der Waals surface area contributed by atoms with Gasteiger partial charge in [-0.25, -0.2) is 0 Å². The Morgan fingerprint density at radius 2 is 1.92 bits per heavy atom. The lowest BCUT2D eigenvalue weighted by atomic mass is 9.77. The van der Waals surface area contributed by atoms with Crippen molar-refractivity contribution in [2.75, 3.05) is 0 Å². The van der Waals surface area contributed by atoms with Crippen LogP contribution < -0.4 is 11.2 Å². The molecule has 0 saturated carbocycles. The van der Waals surface area contributed by atoms with Gasteiger partial charge in [0.25, 0.3) is 5.91 Å². The number of rotatable bonds is 2. The standard InChI is InChI=1S/C7H7BNO3/c9-7(10)5-3-1-2-4-6(5)8(11)12/h1-4,9,11-12H. The second-order valence-electron chi connectivity index (χ2n) is 2.29. The summed E-state index contributed by atoms with van der Waals surface area (Å²) in [6.07, 6.45) is 0. The molecule has 61 valence electrons. The van der Waals surface area contributed by atoms with E-state index in [-0.39, 0.29) is 11.0 Å². The fourth-order valence-electron chi connectivity index (χ4n) is 0.929. The lowest BCUT2D eigenvalue weighted by molar-refractivity contribution is 0.0992. The summed E-state index contributed by atoms with van der Waals surface area (Å²) in [4.78, 5) is 10.6. The number of hydrogen-bond donors (Lipinski definition) is 2. The Hall–Kier alpha value is -1.33. The fraction of sp³-hybridized carbons (Fsp3) is 0. The first-order valence-corrected chi connectivity index (χ1v) is 3.34. The molecule has 0 aromatic heterocycles. The topological polar surface area (TPSA) is 81.3 Å². The number of benzene rings is 1. The first-order chi connectivity index (χ1) is 5.63. The second kappa shape index (κ2) is 3.38. The molecule has 0 aliphatic rings. The lowest BCUT2D eigenvalue weighted by Gasteiger charge is -2.02. The number of nitrogens with one attached hydrogen (secondary N) is 1. The maximum Gasteiger partial charge on any atom is 0.489 e. The van der Waals surface area contributed by atoms with E-state index in [1.165, 1.54) is 12.1 Å². The van der Waals surface area contributed by atoms with Crippen molar-refractivity contribution in [2.24, 2.45) is 0 Å². The van der Waals surface area contributed by atoms with E-state index >= 15 is 0 Å². The fourth-order valence-corrected chi connectivity index (χ4v) is 0.929. The number of carbonyl (C=O) groups is 1. The molecule has 0 aliphatic heterocycles. The Morgan fingerprint density at radius 3 is 2.33 bits per heavy atom. The lowest BCUT2D eigenvalue weighted by Crippen LogP contribution is -2.34. The molecular formula is C7H7BNO3. The zero-order valence-corrected chi connectivity index (χ0v) is 6.19. The van der Waals surface area contributed by atoms with Crippen molar-refractivity contribution in [1.82, 2.24) is 5.73 Å². The second-order valence-corrected chi connectivity index (χ2v) is 2.29. The molecule has 0 saturated heterocycles. The summed E-state index contributed by atoms with van der Waals surface area (Å²) in [5.74, 6) is -0.918. The Balaban J connectivity index is 3.17. The molecule has 5 heteroatoms. The van der Waals surface area contributed by atoms with Gasteiger partial charge in [0.15, 0.2) is 0 Å². The molecule has 0 bridgehead atoms. The maximum atomic E-state index is 10.6. The zero-order valence-electron chi connectivity index (χ0n) is 6.19. The van der Waals surface area contributed by atoms with Gasteiger partial charge in [0.2, 0.25) is 0 Å². The molecule has 1 amide bonds. The van der Waals surface area contributed by atoms with Gasteiger partial charge < -0.3 is 10.0 Å². The van der Waals surface area contributed by atoms with Crippen molar-refractivity contribution in [2.45, 2.75) is 0 Å². The molecule has 12 heavy (non-hydrogen) atoms. The Morgan fingerprint density at radius 1 is 1.33 bits per heavy atom. The predicted octanol–water partition coefficient (Wildman–Crippen LogP) is -1.21. The molecule has 1 rings (SSSR count). The van der Waals surface area contributed by atoms with Gasteiger partial charge in [-0.15, -0.1) is 0 Å². The van der Waals surface area contributed by atoms with Crippen LogP contribution in [0.2, 0.25) is 0 Å². The summed E-state index contributed by atoms with van der Waals surface area (Å²) >= 11 is 0. The number of amides is 1. The molecule has 0 aliphatic carbocycles. The van der Waals surface area contributed by atoms with Crippen LogP contribution in [-0.4, -0.2) is 23.1 Å². The van der Waals surface area contributed by atoms with Gasteiger partial charge in [0.05, 0.1) is 0 Å². The van der Waals surface area contributed by atoms with E-state index in [2.05, 4.69) is 0 Å². The summed E-state index contributed by atoms with van der Waals surface area (Å²) in [6.45, 7) is 0. The third kappa shape index (κ3) is 1.64. The molecule has 4 nitrogen and oxygen atoms in total. The molecule has 0 fully saturated rings. The minimum atomic E-state index is -1.70. The molecule has 3 N–H and O–H groups in total. The third-order valence-corrected chi connectivity index (χ3v) is 1.48. The average molecular weight is 164 g/mol. The van der Waals surface area contributed by atoms with E-state index in [4.69, 9.17) is 15.8 Å². The smallest absolute Gasteiger partial charge is 0.423 e. The highest BCUT2D eigenvalue weighted by atomic mass is 16.4. The SMILES string of the molecule is [NH]C(=O)c1ccccc1B(O)O. The minimum absolute atomic E-state index is 0.0208. The van der Waals surface area contributed by atoms with Gasteiger partial charge in [-0.05, 0) is 11.5 Å². The van der Waals surface area contributed by atoms with Crippen LogP contribution in [0.15, 0.2) is 24.3 Å². The maximum absolute atomic E-state index is 10.6. The number of hydrogen-bond acceptors (Lipinski definition) is 3. The minimum Gasteiger partial charge on any atom is -0.423 e. The summed E-state index contributed by atoms with van der Waals surface area (Å²) in [7, 11) is -1.70. The van der Waals surface area contributed by atoms with Crippen molar-refractivity contribution in [3.63, 3.8) is 0 Å². The highest BCUT2D eigenvalue weighted by Crippen LogP contribution is 1.95. The Bertz CT molecular complexity index is 300. The predicted molar refractivity (Wildman–Crippen MR) is 43.7 cm³/mol. The van der Waals surface area contributed by atoms with E-state index in [1.807, 2.05) is 0 Å². The van der Waals surface area contributed by atoms with Crippen LogP contribution in [0.5, 0.6) is 0 Å². The Kier molecular flexibility index (Phi) is 2.47. The van der Waals surface area contributed by atoms with Crippen LogP contribution in [0.3, 0.4) is 0 Å². The summed E-state index contributed by atoms with van der Waals surface area (Å²) in [6, 6.07) is 5.91. The Labute approximate surface area is 69.8 Å². The van der Waals surface area contributed by atoms with Crippen molar-refractivity contribution in [3.05, 3.63) is 29.8 Å². The van der Waals surface area contributed by atoms with E-state index in [1.54, 1.807) is 12.1 Å². The zero-order chi connectivity index (χ0) is 9.14. The van der Waals surface area contributed by atoms with Crippen LogP contribution in [0, 0.1) is 0 Å². The van der Waals surface area contributed by atoms with Crippen LogP contribution in [0.1, 0.15) is 10.4 Å². The van der Waals surface area contributed by atoms with Crippen molar-refractivity contribution >= 4 is 18.5 Å². The van der Waals surface area contributed by atoms with Gasteiger partial charge in [-0.1, -0.05) is 18.2 Å². The van der Waals surface area contributed by atoms with Crippen LogP contribution in [-0.2, 0) is 0 Å². The molecule has 1 aromatic rings. The molecule has 0 heterocycles. The van der Waals surface area contributed by atoms with Gasteiger partial charge >= 0.3 is 7.12 Å². The van der Waals surface area contributed by atoms with E-state index in [9.17, 15) is 4.79 Å². The van der Waals surface area contributed by atoms with Crippen LogP contribution in [0.4, 0.5) is 0 Å². The molecule has 1 radical (unpaired) electrons. The third-order valence-electron chi connectivity index (χ3n) is 1.48. The molecule has 1 aromatic carbocycles. The number of carbonyl (C=O) groups excluding carboxylic acids is 1. The van der Waals surface area contributed by atoms with Crippen LogP contribution >= 0.6 is 0 Å². The van der Waals surface area contributed by atoms with Crippen molar-refractivity contribution < 1.29 is 14.8 Å². The average Bonchev–Trinajstić information content (AvgIpc) is 2.04. The first-order valence-electron chi connectivity index (χ1n) is 3.34.